The van der Waals surface area contributed by atoms with Gasteiger partial charge in [-0.3, -0.25) is 4.98 Å². The van der Waals surface area contributed by atoms with Crippen LogP contribution in [0.15, 0.2) is 72.0 Å². The number of ether oxygens (including phenoxy) is 4. The summed E-state index contributed by atoms with van der Waals surface area (Å²) in [7, 11) is 1.31. The van der Waals surface area contributed by atoms with Crippen molar-refractivity contribution in [2.45, 2.75) is 32.2 Å². The molecule has 3 aromatic rings. The minimum atomic E-state index is -0.485. The van der Waals surface area contributed by atoms with Gasteiger partial charge in [-0.2, -0.15) is 0 Å². The molecule has 0 bridgehead atoms. The van der Waals surface area contributed by atoms with E-state index in [0.717, 1.165) is 24.8 Å². The van der Waals surface area contributed by atoms with Crippen LogP contribution in [0.2, 0.25) is 0 Å². The molecule has 36 heavy (non-hydrogen) atoms. The molecule has 0 radical (unpaired) electrons. The zero-order valence-corrected chi connectivity index (χ0v) is 19.9. The van der Waals surface area contributed by atoms with Crippen molar-refractivity contribution in [3.05, 3.63) is 89.5 Å². The van der Waals surface area contributed by atoms with Gasteiger partial charge in [-0.1, -0.05) is 23.4 Å². The number of rotatable bonds is 10. The number of oxime groups is 1. The first-order chi connectivity index (χ1) is 17.6. The van der Waals surface area contributed by atoms with Gasteiger partial charge in [0.1, 0.15) is 36.2 Å². The van der Waals surface area contributed by atoms with Gasteiger partial charge in [0.25, 0.3) is 0 Å². The maximum atomic E-state index is 13.1. The van der Waals surface area contributed by atoms with Crippen molar-refractivity contribution in [2.24, 2.45) is 5.16 Å². The van der Waals surface area contributed by atoms with E-state index in [1.807, 2.05) is 0 Å². The zero-order chi connectivity index (χ0) is 25.2. The Labute approximate surface area is 208 Å². The minimum absolute atomic E-state index is 0.0196. The second kappa shape index (κ2) is 12.6. The van der Waals surface area contributed by atoms with E-state index in [4.69, 9.17) is 23.8 Å². The number of pyridine rings is 1. The summed E-state index contributed by atoms with van der Waals surface area (Å²) in [5.74, 6) is 0.351. The molecule has 1 fully saturated rings. The van der Waals surface area contributed by atoms with Crippen molar-refractivity contribution < 1.29 is 33.0 Å². The lowest BCUT2D eigenvalue weighted by Gasteiger charge is -2.20. The number of halogens is 1. The van der Waals surface area contributed by atoms with Crippen molar-refractivity contribution >= 4 is 11.7 Å². The Kier molecular flexibility index (Phi) is 8.82. The van der Waals surface area contributed by atoms with E-state index in [2.05, 4.69) is 10.1 Å². The molecule has 8 nitrogen and oxygen atoms in total. The molecule has 0 N–H and O–H groups in total. The van der Waals surface area contributed by atoms with E-state index >= 15 is 0 Å². The maximum Gasteiger partial charge on any atom is 0.337 e. The summed E-state index contributed by atoms with van der Waals surface area (Å²) >= 11 is 0. The van der Waals surface area contributed by atoms with Crippen LogP contribution in [-0.2, 0) is 20.9 Å². The Morgan fingerprint density at radius 1 is 1.08 bits per heavy atom. The topological polar surface area (TPSA) is 88.5 Å². The number of benzene rings is 2. The lowest BCUT2D eigenvalue weighted by molar-refractivity contribution is -0.162. The predicted molar refractivity (Wildman–Crippen MR) is 129 cm³/mol. The van der Waals surface area contributed by atoms with Gasteiger partial charge in [0, 0.05) is 18.7 Å². The molecule has 1 unspecified atom stereocenters. The number of carbonyl (C=O) groups excluding carboxylic acids is 1. The minimum Gasteiger partial charge on any atom is -0.489 e. The van der Waals surface area contributed by atoms with Crippen LogP contribution in [0.3, 0.4) is 0 Å². The van der Waals surface area contributed by atoms with Crippen LogP contribution in [0, 0.1) is 5.82 Å². The Morgan fingerprint density at radius 3 is 2.64 bits per heavy atom. The van der Waals surface area contributed by atoms with Gasteiger partial charge in [0.05, 0.1) is 25.0 Å². The molecule has 4 rings (SSSR count). The zero-order valence-electron chi connectivity index (χ0n) is 19.9. The third-order valence-corrected chi connectivity index (χ3v) is 5.39. The van der Waals surface area contributed by atoms with Crippen LogP contribution in [-0.4, -0.2) is 43.3 Å². The predicted octanol–water partition coefficient (Wildman–Crippen LogP) is 4.91. The number of esters is 1. The average Bonchev–Trinajstić information content (AvgIpc) is 2.93. The summed E-state index contributed by atoms with van der Waals surface area (Å²) < 4.78 is 35.3. The summed E-state index contributed by atoms with van der Waals surface area (Å²) in [6, 6.07) is 16.4. The van der Waals surface area contributed by atoms with E-state index in [9.17, 15) is 9.18 Å². The van der Waals surface area contributed by atoms with Crippen LogP contribution < -0.4 is 9.47 Å². The molecule has 2 aromatic carbocycles. The molecule has 1 aliphatic rings. The second-order valence-electron chi connectivity index (χ2n) is 8.04. The van der Waals surface area contributed by atoms with Crippen molar-refractivity contribution in [3.63, 3.8) is 0 Å². The summed E-state index contributed by atoms with van der Waals surface area (Å²) in [6.45, 7) is 0.925. The molecule has 1 atom stereocenters. The summed E-state index contributed by atoms with van der Waals surface area (Å²) in [6.07, 6.45) is 3.77. The highest BCUT2D eigenvalue weighted by Crippen LogP contribution is 2.21. The molecule has 0 amide bonds. The lowest BCUT2D eigenvalue weighted by atomic mass is 10.2. The molecule has 188 valence electrons. The van der Waals surface area contributed by atoms with E-state index < -0.39 is 12.3 Å². The molecule has 0 aliphatic carbocycles. The number of hydrogen-bond acceptors (Lipinski definition) is 8. The van der Waals surface area contributed by atoms with Crippen LogP contribution in [0.1, 0.15) is 40.9 Å². The largest absolute Gasteiger partial charge is 0.489 e. The van der Waals surface area contributed by atoms with Crippen molar-refractivity contribution in [3.8, 4) is 11.5 Å². The van der Waals surface area contributed by atoms with Gasteiger partial charge < -0.3 is 23.8 Å². The molecular weight excluding hydrogens is 467 g/mol. The molecule has 0 spiro atoms. The Hall–Kier alpha value is -3.98. The molecule has 9 heteroatoms. The maximum absolute atomic E-state index is 13.1. The smallest absolute Gasteiger partial charge is 0.337 e. The van der Waals surface area contributed by atoms with E-state index in [1.165, 1.54) is 25.4 Å². The van der Waals surface area contributed by atoms with Crippen LogP contribution in [0.5, 0.6) is 11.5 Å². The first-order valence-electron chi connectivity index (χ1n) is 11.6. The fraction of sp³-hybridized carbons (Fsp3) is 0.296. The van der Waals surface area contributed by atoms with Gasteiger partial charge in [0.2, 0.25) is 6.29 Å². The normalized spacial score (nSPS) is 15.7. The van der Waals surface area contributed by atoms with Gasteiger partial charge in [-0.25, -0.2) is 9.18 Å². The fourth-order valence-corrected chi connectivity index (χ4v) is 3.45. The fourth-order valence-electron chi connectivity index (χ4n) is 3.45. The van der Waals surface area contributed by atoms with Crippen molar-refractivity contribution in [1.29, 1.82) is 0 Å². The molecular formula is C27H27FN2O6. The summed E-state index contributed by atoms with van der Waals surface area (Å²) in [5.41, 5.74) is 1.97. The second-order valence-corrected chi connectivity index (χ2v) is 8.04. The Balaban J connectivity index is 1.45. The molecule has 0 saturated carbocycles. The van der Waals surface area contributed by atoms with Gasteiger partial charge in [-0.05, 0) is 54.8 Å². The standard InChI is InChI=1S/C27H27FN2O6/c1-32-27(31)20-12-13-29-24(15-20)25(30-36-26-7-2-3-14-33-26)18-35-23-6-4-5-22(16-23)34-17-19-8-10-21(28)11-9-19/h4-6,8-13,15-16,26H,2-3,7,14,17-18H2,1H3/b30-25+. The number of aromatic nitrogens is 1. The van der Waals surface area contributed by atoms with Gasteiger partial charge in [-0.15, -0.1) is 0 Å². The summed E-state index contributed by atoms with van der Waals surface area (Å²) in [4.78, 5) is 21.9. The van der Waals surface area contributed by atoms with Crippen LogP contribution >= 0.6 is 0 Å². The highest BCUT2D eigenvalue weighted by Gasteiger charge is 2.17. The SMILES string of the molecule is COC(=O)c1ccnc(/C(COc2cccc(OCc3ccc(F)cc3)c2)=N/OC2CCCCO2)c1. The van der Waals surface area contributed by atoms with Crippen LogP contribution in [0.4, 0.5) is 4.39 Å². The Bertz CT molecular complexity index is 1180. The first-order valence-corrected chi connectivity index (χ1v) is 11.6. The molecule has 1 aliphatic heterocycles. The van der Waals surface area contributed by atoms with Crippen molar-refractivity contribution in [1.82, 2.24) is 4.98 Å². The van der Waals surface area contributed by atoms with E-state index in [1.54, 1.807) is 48.5 Å². The Morgan fingerprint density at radius 2 is 1.89 bits per heavy atom. The molecule has 1 aromatic heterocycles. The van der Waals surface area contributed by atoms with E-state index in [0.29, 0.717) is 35.1 Å². The number of nitrogens with zero attached hydrogens (tertiary/aromatic N) is 2. The first kappa shape index (κ1) is 25.1. The molecule has 1 saturated heterocycles. The van der Waals surface area contributed by atoms with Crippen molar-refractivity contribution in [2.75, 3.05) is 20.3 Å². The molecule has 2 heterocycles. The van der Waals surface area contributed by atoms with Gasteiger partial charge in [0.15, 0.2) is 0 Å². The van der Waals surface area contributed by atoms with Gasteiger partial charge >= 0.3 is 5.97 Å². The third kappa shape index (κ3) is 7.26. The van der Waals surface area contributed by atoms with E-state index in [-0.39, 0.29) is 19.0 Å². The third-order valence-electron chi connectivity index (χ3n) is 5.39. The monoisotopic (exact) mass is 494 g/mol. The highest BCUT2D eigenvalue weighted by atomic mass is 19.1. The van der Waals surface area contributed by atoms with Crippen LogP contribution in [0.25, 0.3) is 0 Å². The average molecular weight is 495 g/mol. The lowest BCUT2D eigenvalue weighted by Crippen LogP contribution is -2.22. The highest BCUT2D eigenvalue weighted by molar-refractivity contribution is 6.01. The number of methoxy groups -OCH3 is 1. The number of hydrogen-bond donors (Lipinski definition) is 0. The number of carbonyl (C=O) groups is 1. The quantitative estimate of drug-likeness (QED) is 0.225. The summed E-state index contributed by atoms with van der Waals surface area (Å²) in [5, 5.41) is 4.25.